The lowest BCUT2D eigenvalue weighted by Gasteiger charge is -2.33. The van der Waals surface area contributed by atoms with Crippen LogP contribution in [0.25, 0.3) is 0 Å². The number of piperidine rings is 1. The molecule has 1 aromatic carbocycles. The van der Waals surface area contributed by atoms with E-state index in [4.69, 9.17) is 0 Å². The van der Waals surface area contributed by atoms with Crippen molar-refractivity contribution in [2.45, 2.75) is 25.2 Å². The van der Waals surface area contributed by atoms with Gasteiger partial charge in [0.25, 0.3) is 11.8 Å². The summed E-state index contributed by atoms with van der Waals surface area (Å²) < 4.78 is 0. The largest absolute Gasteiger partial charge is 0.296 e. The maximum absolute atomic E-state index is 12.2. The van der Waals surface area contributed by atoms with Crippen LogP contribution >= 0.6 is 0 Å². The first-order chi connectivity index (χ1) is 9.43. The van der Waals surface area contributed by atoms with Crippen molar-refractivity contribution < 1.29 is 19.2 Å². The summed E-state index contributed by atoms with van der Waals surface area (Å²) in [6, 6.07) is 4.85. The summed E-state index contributed by atoms with van der Waals surface area (Å²) in [4.78, 5) is 47.0. The minimum absolute atomic E-state index is 0.210. The Morgan fingerprint density at radius 3 is 2.50 bits per heavy atom. The van der Waals surface area contributed by atoms with Crippen LogP contribution in [-0.4, -0.2) is 23.6 Å². The van der Waals surface area contributed by atoms with Crippen LogP contribution in [0.5, 0.6) is 0 Å². The smallest absolute Gasteiger partial charge is 0.259 e. The topological polar surface area (TPSA) is 92.3 Å². The van der Waals surface area contributed by atoms with Crippen molar-refractivity contribution in [1.29, 1.82) is 0 Å². The van der Waals surface area contributed by atoms with Gasteiger partial charge in [0.2, 0.25) is 11.8 Å². The van der Waals surface area contributed by atoms with Gasteiger partial charge in [0.1, 0.15) is 0 Å². The Labute approximate surface area is 114 Å². The van der Waals surface area contributed by atoms with Crippen LogP contribution in [0.1, 0.15) is 46.0 Å². The molecule has 20 heavy (non-hydrogen) atoms. The highest BCUT2D eigenvalue weighted by atomic mass is 16.2. The normalized spacial score (nSPS) is 25.2. The fraction of sp³-hybridized carbons (Fsp3) is 0.286. The van der Waals surface area contributed by atoms with Gasteiger partial charge in [-0.2, -0.15) is 0 Å². The number of imide groups is 2. The highest BCUT2D eigenvalue weighted by molar-refractivity contribution is 6.23. The summed E-state index contributed by atoms with van der Waals surface area (Å²) in [5.74, 6) is -1.70. The average Bonchev–Trinajstić information content (AvgIpc) is 2.70. The molecule has 1 atom stereocenters. The molecule has 0 aromatic heterocycles. The Kier molecular flexibility index (Phi) is 2.50. The lowest BCUT2D eigenvalue weighted by Crippen LogP contribution is -2.50. The molecule has 4 amide bonds. The second-order valence-corrected chi connectivity index (χ2v) is 5.22. The first-order valence-corrected chi connectivity index (χ1v) is 6.27. The monoisotopic (exact) mass is 272 g/mol. The minimum atomic E-state index is -0.985. The van der Waals surface area contributed by atoms with Gasteiger partial charge in [-0.3, -0.25) is 29.8 Å². The third kappa shape index (κ3) is 1.57. The molecule has 0 aliphatic carbocycles. The highest BCUT2D eigenvalue weighted by Gasteiger charge is 2.44. The van der Waals surface area contributed by atoms with Crippen LogP contribution in [0.15, 0.2) is 18.2 Å². The van der Waals surface area contributed by atoms with E-state index < -0.39 is 23.1 Å². The molecule has 0 bridgehead atoms. The molecule has 3 rings (SSSR count). The molecule has 1 aromatic rings. The quantitative estimate of drug-likeness (QED) is 0.717. The van der Waals surface area contributed by atoms with Crippen molar-refractivity contribution in [3.8, 4) is 0 Å². The van der Waals surface area contributed by atoms with E-state index in [-0.39, 0.29) is 23.5 Å². The van der Waals surface area contributed by atoms with E-state index in [2.05, 4.69) is 10.6 Å². The number of rotatable bonds is 1. The average molecular weight is 272 g/mol. The fourth-order valence-electron chi connectivity index (χ4n) is 2.74. The number of benzene rings is 1. The predicted molar refractivity (Wildman–Crippen MR) is 68.0 cm³/mol. The van der Waals surface area contributed by atoms with E-state index in [1.54, 1.807) is 25.1 Å². The van der Waals surface area contributed by atoms with Gasteiger partial charge in [0.15, 0.2) is 0 Å². The summed E-state index contributed by atoms with van der Waals surface area (Å²) >= 11 is 0. The molecule has 6 nitrogen and oxygen atoms in total. The van der Waals surface area contributed by atoms with E-state index >= 15 is 0 Å². The molecule has 0 spiro atoms. The predicted octanol–water partition coefficient (Wildman–Crippen LogP) is 0.265. The van der Waals surface area contributed by atoms with Crippen molar-refractivity contribution in [3.63, 3.8) is 0 Å². The van der Waals surface area contributed by atoms with Crippen molar-refractivity contribution in [2.75, 3.05) is 0 Å². The molecule has 102 valence electrons. The molecule has 1 saturated heterocycles. The van der Waals surface area contributed by atoms with Crippen LogP contribution in [0.4, 0.5) is 0 Å². The third-order valence-corrected chi connectivity index (χ3v) is 3.96. The Hall–Kier alpha value is -2.50. The summed E-state index contributed by atoms with van der Waals surface area (Å²) in [5, 5.41) is 4.52. The SMILES string of the molecule is CC1(c2cccc3c2C(=O)NC3=O)CCC(=O)NC1=O. The number of hydrogen-bond acceptors (Lipinski definition) is 4. The summed E-state index contributed by atoms with van der Waals surface area (Å²) in [6.45, 7) is 1.68. The Morgan fingerprint density at radius 1 is 1.05 bits per heavy atom. The minimum Gasteiger partial charge on any atom is -0.296 e. The number of nitrogens with one attached hydrogen (secondary N) is 2. The number of carbonyl (C=O) groups is 4. The van der Waals surface area contributed by atoms with E-state index in [0.717, 1.165) is 0 Å². The number of fused-ring (bicyclic) bond motifs is 1. The maximum Gasteiger partial charge on any atom is 0.259 e. The summed E-state index contributed by atoms with van der Waals surface area (Å²) in [7, 11) is 0. The highest BCUT2D eigenvalue weighted by Crippen LogP contribution is 2.36. The second-order valence-electron chi connectivity index (χ2n) is 5.22. The third-order valence-electron chi connectivity index (χ3n) is 3.96. The molecular weight excluding hydrogens is 260 g/mol. The van der Waals surface area contributed by atoms with E-state index in [9.17, 15) is 19.2 Å². The standard InChI is InChI=1S/C14H12N2O4/c1-14(6-5-9(17)15-13(14)20)8-4-2-3-7-10(8)12(19)16-11(7)18/h2-4H,5-6H2,1H3,(H,15,17,20)(H,16,18,19). The van der Waals surface area contributed by atoms with Crippen LogP contribution in [-0.2, 0) is 15.0 Å². The van der Waals surface area contributed by atoms with Crippen molar-refractivity contribution in [2.24, 2.45) is 0 Å². The molecule has 1 unspecified atom stereocenters. The molecule has 2 aliphatic rings. The molecule has 1 fully saturated rings. The Morgan fingerprint density at radius 2 is 1.80 bits per heavy atom. The van der Waals surface area contributed by atoms with Crippen LogP contribution < -0.4 is 10.6 Å². The van der Waals surface area contributed by atoms with Gasteiger partial charge >= 0.3 is 0 Å². The molecule has 0 radical (unpaired) electrons. The number of hydrogen-bond donors (Lipinski definition) is 2. The number of amides is 4. The van der Waals surface area contributed by atoms with Gasteiger partial charge in [0, 0.05) is 6.42 Å². The molecule has 2 N–H and O–H groups in total. The fourth-order valence-corrected chi connectivity index (χ4v) is 2.74. The van der Waals surface area contributed by atoms with Crippen molar-refractivity contribution in [3.05, 3.63) is 34.9 Å². The van der Waals surface area contributed by atoms with E-state index in [0.29, 0.717) is 12.0 Å². The zero-order valence-electron chi connectivity index (χ0n) is 10.8. The molecule has 2 heterocycles. The van der Waals surface area contributed by atoms with Gasteiger partial charge in [0.05, 0.1) is 16.5 Å². The number of carbonyl (C=O) groups excluding carboxylic acids is 4. The lowest BCUT2D eigenvalue weighted by molar-refractivity contribution is -0.137. The zero-order valence-corrected chi connectivity index (χ0v) is 10.8. The van der Waals surface area contributed by atoms with Gasteiger partial charge in [-0.25, -0.2) is 0 Å². The van der Waals surface area contributed by atoms with Crippen LogP contribution in [0.2, 0.25) is 0 Å². The second kappa shape index (κ2) is 4.00. The maximum atomic E-state index is 12.2. The molecule has 0 saturated carbocycles. The van der Waals surface area contributed by atoms with Gasteiger partial charge in [-0.15, -0.1) is 0 Å². The van der Waals surface area contributed by atoms with Crippen molar-refractivity contribution in [1.82, 2.24) is 10.6 Å². The van der Waals surface area contributed by atoms with Gasteiger partial charge in [-0.1, -0.05) is 12.1 Å². The Balaban J connectivity index is 2.17. The van der Waals surface area contributed by atoms with E-state index in [1.165, 1.54) is 0 Å². The Bertz CT molecular complexity index is 680. The molecular formula is C14H12N2O4. The first-order valence-electron chi connectivity index (χ1n) is 6.27. The van der Waals surface area contributed by atoms with Crippen LogP contribution in [0, 0.1) is 0 Å². The van der Waals surface area contributed by atoms with Crippen LogP contribution in [0.3, 0.4) is 0 Å². The summed E-state index contributed by atoms with van der Waals surface area (Å²) in [5.41, 5.74) is 0.0209. The first kappa shape index (κ1) is 12.5. The summed E-state index contributed by atoms with van der Waals surface area (Å²) in [6.07, 6.45) is 0.525. The molecule has 2 aliphatic heterocycles. The van der Waals surface area contributed by atoms with Gasteiger partial charge in [-0.05, 0) is 25.0 Å². The van der Waals surface area contributed by atoms with E-state index in [1.807, 2.05) is 0 Å². The molecule has 6 heteroatoms. The zero-order chi connectivity index (χ0) is 14.5. The lowest BCUT2D eigenvalue weighted by atomic mass is 9.73. The van der Waals surface area contributed by atoms with Gasteiger partial charge < -0.3 is 0 Å². The van der Waals surface area contributed by atoms with Crippen molar-refractivity contribution >= 4 is 23.6 Å².